The van der Waals surface area contributed by atoms with Crippen LogP contribution in [0, 0.1) is 0 Å². The summed E-state index contributed by atoms with van der Waals surface area (Å²) in [7, 11) is 0. The number of rotatable bonds is 12. The summed E-state index contributed by atoms with van der Waals surface area (Å²) in [5.41, 5.74) is -0.606. The third-order valence-electron chi connectivity index (χ3n) is 6.22. The Balaban J connectivity index is 2.52. The van der Waals surface area contributed by atoms with Crippen molar-refractivity contribution in [3.05, 3.63) is 65.7 Å². The van der Waals surface area contributed by atoms with Gasteiger partial charge in [0.1, 0.15) is 35.1 Å². The summed E-state index contributed by atoms with van der Waals surface area (Å²) >= 11 is 0. The van der Waals surface area contributed by atoms with Gasteiger partial charge in [-0.2, -0.15) is 0 Å². The fourth-order valence-corrected chi connectivity index (χ4v) is 4.33. The van der Waals surface area contributed by atoms with Gasteiger partial charge in [0.15, 0.2) is 0 Å². The lowest BCUT2D eigenvalue weighted by atomic mass is 9.99. The molecule has 0 fully saturated rings. The van der Waals surface area contributed by atoms with Gasteiger partial charge < -0.3 is 30.1 Å². The lowest BCUT2D eigenvalue weighted by Crippen LogP contribution is -2.54. The van der Waals surface area contributed by atoms with Crippen LogP contribution in [0.4, 0.5) is 4.79 Å². The SMILES string of the molecule is CCCCN(C(=O)C(C)NC(=O)OC(C)(C)C)C(C(=O)NC(Cc1ccccc1)C(=O)OC(C)(C)C)c1ccccc1O. The fourth-order valence-electron chi connectivity index (χ4n) is 4.33. The molecule has 3 atom stereocenters. The number of esters is 1. The number of nitrogens with zero attached hydrogens (tertiary/aromatic N) is 1. The topological polar surface area (TPSA) is 134 Å². The van der Waals surface area contributed by atoms with Gasteiger partial charge in [-0.15, -0.1) is 0 Å². The molecule has 0 spiro atoms. The summed E-state index contributed by atoms with van der Waals surface area (Å²) in [5, 5.41) is 16.2. The van der Waals surface area contributed by atoms with E-state index in [1.807, 2.05) is 37.3 Å². The van der Waals surface area contributed by atoms with E-state index in [0.717, 1.165) is 5.56 Å². The monoisotopic (exact) mass is 597 g/mol. The Hall–Kier alpha value is -4.08. The molecule has 0 bridgehead atoms. The number of nitrogens with one attached hydrogen (secondary N) is 2. The van der Waals surface area contributed by atoms with E-state index >= 15 is 0 Å². The molecule has 3 amide bonds. The zero-order valence-electron chi connectivity index (χ0n) is 26.6. The summed E-state index contributed by atoms with van der Waals surface area (Å²) in [6.07, 6.45) is 0.623. The maximum absolute atomic E-state index is 14.2. The molecule has 236 valence electrons. The van der Waals surface area contributed by atoms with E-state index in [1.165, 1.54) is 17.9 Å². The third kappa shape index (κ3) is 11.6. The minimum atomic E-state index is -1.32. The van der Waals surface area contributed by atoms with Crippen molar-refractivity contribution in [3.63, 3.8) is 0 Å². The first kappa shape index (κ1) is 35.1. The van der Waals surface area contributed by atoms with Crippen molar-refractivity contribution in [2.75, 3.05) is 6.54 Å². The van der Waals surface area contributed by atoms with Gasteiger partial charge in [-0.1, -0.05) is 61.9 Å². The van der Waals surface area contributed by atoms with Gasteiger partial charge in [0.2, 0.25) is 11.8 Å². The number of para-hydroxylation sites is 1. The number of phenolic OH excluding ortho intramolecular Hbond substituents is 1. The van der Waals surface area contributed by atoms with Gasteiger partial charge in [-0.05, 0) is 66.5 Å². The van der Waals surface area contributed by atoms with Gasteiger partial charge >= 0.3 is 12.1 Å². The number of carbonyl (C=O) groups is 4. The number of alkyl carbamates (subject to hydrolysis) is 1. The van der Waals surface area contributed by atoms with E-state index in [1.54, 1.807) is 59.7 Å². The van der Waals surface area contributed by atoms with Crippen molar-refractivity contribution < 1.29 is 33.8 Å². The number of benzene rings is 2. The molecule has 0 aliphatic rings. The van der Waals surface area contributed by atoms with Crippen molar-refractivity contribution in [2.45, 2.75) is 104 Å². The molecule has 3 unspecified atom stereocenters. The number of unbranched alkanes of at least 4 members (excludes halogenated alkanes) is 1. The molecule has 10 heteroatoms. The average molecular weight is 598 g/mol. The summed E-state index contributed by atoms with van der Waals surface area (Å²) in [5.74, 6) is -2.06. The Kier molecular flexibility index (Phi) is 12.6. The first-order valence-electron chi connectivity index (χ1n) is 14.7. The quantitative estimate of drug-likeness (QED) is 0.292. The molecule has 10 nitrogen and oxygen atoms in total. The molecular weight excluding hydrogens is 550 g/mol. The van der Waals surface area contributed by atoms with Crippen LogP contribution in [0.5, 0.6) is 5.75 Å². The number of hydrogen-bond acceptors (Lipinski definition) is 7. The van der Waals surface area contributed by atoms with Crippen molar-refractivity contribution >= 4 is 23.9 Å². The van der Waals surface area contributed by atoms with E-state index < -0.39 is 53.2 Å². The summed E-state index contributed by atoms with van der Waals surface area (Å²) in [4.78, 5) is 55.2. The number of phenols is 1. The molecule has 0 saturated carbocycles. The van der Waals surface area contributed by atoms with Crippen LogP contribution in [0.3, 0.4) is 0 Å². The minimum Gasteiger partial charge on any atom is -0.508 e. The minimum absolute atomic E-state index is 0.147. The van der Waals surface area contributed by atoms with Gasteiger partial charge in [0.05, 0.1) is 0 Å². The van der Waals surface area contributed by atoms with Gasteiger partial charge in [-0.25, -0.2) is 9.59 Å². The van der Waals surface area contributed by atoms with E-state index in [-0.39, 0.29) is 24.3 Å². The number of hydrogen-bond donors (Lipinski definition) is 3. The van der Waals surface area contributed by atoms with Crippen molar-refractivity contribution in [2.24, 2.45) is 0 Å². The number of aromatic hydroxyl groups is 1. The molecule has 2 aromatic rings. The lowest BCUT2D eigenvalue weighted by molar-refractivity contribution is -0.159. The summed E-state index contributed by atoms with van der Waals surface area (Å²) < 4.78 is 10.9. The summed E-state index contributed by atoms with van der Waals surface area (Å²) in [6.45, 7) is 13.9. The molecule has 43 heavy (non-hydrogen) atoms. The third-order valence-corrected chi connectivity index (χ3v) is 6.22. The second kappa shape index (κ2) is 15.4. The Bertz CT molecular complexity index is 1240. The highest BCUT2D eigenvalue weighted by Crippen LogP contribution is 2.30. The first-order chi connectivity index (χ1) is 20.0. The number of ether oxygens (including phenoxy) is 2. The molecule has 0 aliphatic carbocycles. The van der Waals surface area contributed by atoms with E-state index in [2.05, 4.69) is 10.6 Å². The zero-order chi connectivity index (χ0) is 32.4. The van der Waals surface area contributed by atoms with E-state index in [0.29, 0.717) is 12.8 Å². The first-order valence-corrected chi connectivity index (χ1v) is 14.7. The zero-order valence-corrected chi connectivity index (χ0v) is 26.6. The van der Waals surface area contributed by atoms with Crippen LogP contribution in [0.15, 0.2) is 54.6 Å². The molecule has 0 heterocycles. The van der Waals surface area contributed by atoms with Crippen molar-refractivity contribution in [1.29, 1.82) is 0 Å². The Labute approximate surface area is 255 Å². The van der Waals surface area contributed by atoms with Crippen molar-refractivity contribution in [1.82, 2.24) is 15.5 Å². The Morgan fingerprint density at radius 3 is 2.00 bits per heavy atom. The summed E-state index contributed by atoms with van der Waals surface area (Å²) in [6, 6.07) is 12.0. The van der Waals surface area contributed by atoms with Crippen LogP contribution >= 0.6 is 0 Å². The van der Waals surface area contributed by atoms with Gasteiger partial charge in [0.25, 0.3) is 0 Å². The van der Waals surface area contributed by atoms with Crippen LogP contribution < -0.4 is 10.6 Å². The number of carbonyl (C=O) groups excluding carboxylic acids is 4. The second-order valence-electron chi connectivity index (χ2n) is 12.5. The smallest absolute Gasteiger partial charge is 0.408 e. The highest BCUT2D eigenvalue weighted by Gasteiger charge is 2.38. The molecule has 0 radical (unpaired) electrons. The molecule has 0 aromatic heterocycles. The number of amides is 3. The van der Waals surface area contributed by atoms with Crippen LogP contribution in [0.1, 0.15) is 85.4 Å². The Morgan fingerprint density at radius 2 is 1.44 bits per heavy atom. The molecule has 0 aliphatic heterocycles. The lowest BCUT2D eigenvalue weighted by Gasteiger charge is -2.35. The largest absolute Gasteiger partial charge is 0.508 e. The molecule has 2 rings (SSSR count). The average Bonchev–Trinajstić information content (AvgIpc) is 2.89. The molecular formula is C33H47N3O7. The van der Waals surface area contributed by atoms with Crippen LogP contribution in [0.2, 0.25) is 0 Å². The maximum Gasteiger partial charge on any atom is 0.408 e. The fraction of sp³-hybridized carbons (Fsp3) is 0.515. The maximum atomic E-state index is 14.2. The van der Waals surface area contributed by atoms with Gasteiger partial charge in [0, 0.05) is 18.5 Å². The van der Waals surface area contributed by atoms with E-state index in [4.69, 9.17) is 9.47 Å². The Morgan fingerprint density at radius 1 is 0.860 bits per heavy atom. The van der Waals surface area contributed by atoms with E-state index in [9.17, 15) is 24.3 Å². The van der Waals surface area contributed by atoms with Gasteiger partial charge in [-0.3, -0.25) is 9.59 Å². The normalized spacial score (nSPS) is 13.7. The standard InChI is InChI=1S/C33H47N3O7/c1-9-10-20-36(29(39)22(2)34-31(41)43-33(6,7)8)27(24-18-14-15-19-26(24)37)28(38)35-25(30(40)42-32(3,4)5)21-23-16-12-11-13-17-23/h11-19,22,25,27,37H,9-10,20-21H2,1-8H3,(H,34,41)(H,35,38). The van der Waals surface area contributed by atoms with Crippen LogP contribution in [0.25, 0.3) is 0 Å². The molecule has 2 aromatic carbocycles. The predicted molar refractivity (Wildman–Crippen MR) is 164 cm³/mol. The second-order valence-corrected chi connectivity index (χ2v) is 12.5. The highest BCUT2D eigenvalue weighted by atomic mass is 16.6. The molecule has 3 N–H and O–H groups in total. The molecule has 0 saturated heterocycles. The predicted octanol–water partition coefficient (Wildman–Crippen LogP) is 5.04. The van der Waals surface area contributed by atoms with Crippen LogP contribution in [-0.2, 0) is 30.3 Å². The van der Waals surface area contributed by atoms with Crippen molar-refractivity contribution in [3.8, 4) is 5.75 Å². The van der Waals surface area contributed by atoms with Crippen LogP contribution in [-0.4, -0.2) is 63.7 Å². The highest BCUT2D eigenvalue weighted by molar-refractivity contribution is 5.94.